The first-order valence-corrected chi connectivity index (χ1v) is 12.6. The number of aryl methyl sites for hydroxylation is 1. The fourth-order valence-electron chi connectivity index (χ4n) is 5.21. The summed E-state index contributed by atoms with van der Waals surface area (Å²) in [7, 11) is 0. The van der Waals surface area contributed by atoms with Gasteiger partial charge in [0.15, 0.2) is 5.65 Å². The molecule has 3 heterocycles. The highest BCUT2D eigenvalue weighted by Gasteiger charge is 2.29. The molecular weight excluding hydrogens is 432 g/mol. The Morgan fingerprint density at radius 3 is 2.57 bits per heavy atom. The minimum absolute atomic E-state index is 0.238. The van der Waals surface area contributed by atoms with E-state index in [2.05, 4.69) is 85.3 Å². The molecule has 0 amide bonds. The van der Waals surface area contributed by atoms with Gasteiger partial charge < -0.3 is 14.2 Å². The Bertz CT molecular complexity index is 1320. The molecule has 1 aliphatic heterocycles. The third kappa shape index (κ3) is 4.55. The van der Waals surface area contributed by atoms with Crippen molar-refractivity contribution in [2.45, 2.75) is 39.7 Å². The standard InChI is InChI=1S/C30H34N4O/c1-21(2)34-29(25-13-6-5-7-14-25)27(28-30(34)32-17-16-31-28)23(4)33-18-10-12-24(19-33)20-35-26-15-9-8-11-22(26)3/h5-9,11,13-17,21,24H,4,10,12,18-20H2,1-3H3. The van der Waals surface area contributed by atoms with Gasteiger partial charge in [0.05, 0.1) is 17.9 Å². The fourth-order valence-corrected chi connectivity index (χ4v) is 5.21. The van der Waals surface area contributed by atoms with Crippen LogP contribution in [-0.2, 0) is 0 Å². The summed E-state index contributed by atoms with van der Waals surface area (Å²) in [4.78, 5) is 12.0. The van der Waals surface area contributed by atoms with Crippen LogP contribution >= 0.6 is 0 Å². The third-order valence-electron chi connectivity index (χ3n) is 6.94. The van der Waals surface area contributed by atoms with E-state index >= 15 is 0 Å². The minimum atomic E-state index is 0.238. The molecule has 5 nitrogen and oxygen atoms in total. The van der Waals surface area contributed by atoms with Crippen LogP contribution in [0.1, 0.15) is 43.9 Å². The summed E-state index contributed by atoms with van der Waals surface area (Å²) in [5.74, 6) is 1.43. The molecule has 0 saturated carbocycles. The number of hydrogen-bond donors (Lipinski definition) is 0. The van der Waals surface area contributed by atoms with Crippen molar-refractivity contribution in [3.05, 3.63) is 84.7 Å². The lowest BCUT2D eigenvalue weighted by Crippen LogP contribution is -2.36. The van der Waals surface area contributed by atoms with E-state index < -0.39 is 0 Å². The van der Waals surface area contributed by atoms with E-state index in [4.69, 9.17) is 14.7 Å². The van der Waals surface area contributed by atoms with Gasteiger partial charge in [-0.2, -0.15) is 0 Å². The largest absolute Gasteiger partial charge is 0.493 e. The molecular formula is C30H34N4O. The van der Waals surface area contributed by atoms with Crippen molar-refractivity contribution in [1.29, 1.82) is 0 Å². The Hall–Kier alpha value is -3.60. The molecule has 2 aromatic carbocycles. The molecule has 5 heteroatoms. The maximum absolute atomic E-state index is 6.23. The number of hydrogen-bond acceptors (Lipinski definition) is 4. The van der Waals surface area contributed by atoms with Crippen molar-refractivity contribution in [1.82, 2.24) is 19.4 Å². The summed E-state index contributed by atoms with van der Waals surface area (Å²) >= 11 is 0. The highest BCUT2D eigenvalue weighted by molar-refractivity contribution is 5.96. The van der Waals surface area contributed by atoms with Crippen molar-refractivity contribution in [3.8, 4) is 17.0 Å². The molecule has 0 aliphatic carbocycles. The maximum Gasteiger partial charge on any atom is 0.160 e. The fraction of sp³-hybridized carbons (Fsp3) is 0.333. The summed E-state index contributed by atoms with van der Waals surface area (Å²) in [5, 5.41) is 0. The van der Waals surface area contributed by atoms with E-state index in [-0.39, 0.29) is 6.04 Å². The topological polar surface area (TPSA) is 43.2 Å². The predicted molar refractivity (Wildman–Crippen MR) is 143 cm³/mol. The Labute approximate surface area is 208 Å². The molecule has 35 heavy (non-hydrogen) atoms. The van der Waals surface area contributed by atoms with Crippen LogP contribution in [-0.4, -0.2) is 39.1 Å². The molecule has 5 rings (SSSR count). The average molecular weight is 467 g/mol. The molecule has 1 saturated heterocycles. The Kier molecular flexibility index (Phi) is 6.58. The molecule has 0 N–H and O–H groups in total. The summed E-state index contributed by atoms with van der Waals surface area (Å²) in [6.07, 6.45) is 5.85. The van der Waals surface area contributed by atoms with Crippen molar-refractivity contribution in [2.75, 3.05) is 19.7 Å². The quantitative estimate of drug-likeness (QED) is 0.302. The van der Waals surface area contributed by atoms with Gasteiger partial charge in [0, 0.05) is 43.1 Å². The van der Waals surface area contributed by atoms with Gasteiger partial charge in [0.25, 0.3) is 0 Å². The molecule has 1 fully saturated rings. The second-order valence-electron chi connectivity index (χ2n) is 9.76. The van der Waals surface area contributed by atoms with Crippen LogP contribution < -0.4 is 4.74 Å². The molecule has 1 aliphatic rings. The van der Waals surface area contributed by atoms with Crippen LogP contribution in [0, 0.1) is 12.8 Å². The Morgan fingerprint density at radius 1 is 1.06 bits per heavy atom. The van der Waals surface area contributed by atoms with Crippen molar-refractivity contribution < 1.29 is 4.74 Å². The van der Waals surface area contributed by atoms with Crippen LogP contribution in [0.25, 0.3) is 28.1 Å². The number of benzene rings is 2. The van der Waals surface area contributed by atoms with Gasteiger partial charge in [-0.3, -0.25) is 4.98 Å². The lowest BCUT2D eigenvalue weighted by atomic mass is 9.96. The first-order valence-electron chi connectivity index (χ1n) is 12.6. The number of para-hydroxylation sites is 1. The zero-order chi connectivity index (χ0) is 24.4. The number of rotatable bonds is 7. The van der Waals surface area contributed by atoms with Gasteiger partial charge in [0.1, 0.15) is 11.3 Å². The molecule has 4 aromatic rings. The molecule has 180 valence electrons. The SMILES string of the molecule is C=C(c1c(-c2ccccc2)n(C(C)C)c2nccnc12)N1CCCC(COc2ccccc2C)C1. The molecule has 1 unspecified atom stereocenters. The number of piperidine rings is 1. The number of aromatic nitrogens is 3. The lowest BCUT2D eigenvalue weighted by Gasteiger charge is -2.35. The van der Waals surface area contributed by atoms with E-state index in [0.29, 0.717) is 12.5 Å². The highest BCUT2D eigenvalue weighted by atomic mass is 16.5. The monoisotopic (exact) mass is 466 g/mol. The second kappa shape index (κ2) is 9.95. The number of ether oxygens (including phenoxy) is 1. The zero-order valence-electron chi connectivity index (χ0n) is 20.9. The van der Waals surface area contributed by atoms with Crippen LogP contribution in [0.4, 0.5) is 0 Å². The van der Waals surface area contributed by atoms with Gasteiger partial charge in [0.2, 0.25) is 0 Å². The van der Waals surface area contributed by atoms with Gasteiger partial charge in [-0.15, -0.1) is 0 Å². The van der Waals surface area contributed by atoms with E-state index in [1.807, 2.05) is 6.07 Å². The molecule has 0 radical (unpaired) electrons. The molecule has 1 atom stereocenters. The van der Waals surface area contributed by atoms with Gasteiger partial charge >= 0.3 is 0 Å². The average Bonchev–Trinajstić information content (AvgIpc) is 3.24. The van der Waals surface area contributed by atoms with E-state index in [1.54, 1.807) is 12.4 Å². The number of nitrogens with zero attached hydrogens (tertiary/aromatic N) is 4. The Balaban J connectivity index is 1.48. The first kappa shape index (κ1) is 23.2. The van der Waals surface area contributed by atoms with Gasteiger partial charge in [-0.1, -0.05) is 55.1 Å². The lowest BCUT2D eigenvalue weighted by molar-refractivity contribution is 0.169. The smallest absolute Gasteiger partial charge is 0.160 e. The van der Waals surface area contributed by atoms with Crippen molar-refractivity contribution >= 4 is 16.9 Å². The van der Waals surface area contributed by atoms with E-state index in [1.165, 1.54) is 5.56 Å². The number of fused-ring (bicyclic) bond motifs is 1. The first-order chi connectivity index (χ1) is 17.0. The van der Waals surface area contributed by atoms with Crippen molar-refractivity contribution in [2.24, 2.45) is 5.92 Å². The second-order valence-corrected chi connectivity index (χ2v) is 9.76. The third-order valence-corrected chi connectivity index (χ3v) is 6.94. The minimum Gasteiger partial charge on any atom is -0.493 e. The van der Waals surface area contributed by atoms with Crippen LogP contribution in [0.5, 0.6) is 5.75 Å². The predicted octanol–water partition coefficient (Wildman–Crippen LogP) is 6.75. The maximum atomic E-state index is 6.23. The van der Waals surface area contributed by atoms with Crippen molar-refractivity contribution in [3.63, 3.8) is 0 Å². The van der Waals surface area contributed by atoms with Crippen LogP contribution in [0.15, 0.2) is 73.6 Å². The van der Waals surface area contributed by atoms with Crippen LogP contribution in [0.2, 0.25) is 0 Å². The summed E-state index contributed by atoms with van der Waals surface area (Å²) < 4.78 is 8.53. The highest BCUT2D eigenvalue weighted by Crippen LogP contribution is 2.40. The van der Waals surface area contributed by atoms with Gasteiger partial charge in [-0.05, 0) is 50.8 Å². The van der Waals surface area contributed by atoms with Crippen LogP contribution in [0.3, 0.4) is 0 Å². The van der Waals surface area contributed by atoms with E-state index in [9.17, 15) is 0 Å². The molecule has 2 aromatic heterocycles. The molecule has 0 bridgehead atoms. The summed E-state index contributed by atoms with van der Waals surface area (Å²) in [6, 6.07) is 19.0. The summed E-state index contributed by atoms with van der Waals surface area (Å²) in [6.45, 7) is 13.8. The normalized spacial score (nSPS) is 16.1. The Morgan fingerprint density at radius 2 is 1.80 bits per heavy atom. The molecule has 0 spiro atoms. The number of likely N-dealkylation sites (tertiary alicyclic amines) is 1. The van der Waals surface area contributed by atoms with E-state index in [0.717, 1.165) is 65.4 Å². The van der Waals surface area contributed by atoms with Gasteiger partial charge in [-0.25, -0.2) is 4.98 Å². The zero-order valence-corrected chi connectivity index (χ0v) is 20.9. The summed E-state index contributed by atoms with van der Waals surface area (Å²) in [5.41, 5.74) is 7.43.